The van der Waals surface area contributed by atoms with Crippen molar-refractivity contribution in [2.45, 2.75) is 31.3 Å². The zero-order valence-electron chi connectivity index (χ0n) is 15.7. The molecular formula is C21H21BrN2O4S. The van der Waals surface area contributed by atoms with Gasteiger partial charge in [0.05, 0.1) is 11.5 Å². The van der Waals surface area contributed by atoms with E-state index in [2.05, 4.69) is 21.2 Å². The number of rotatable bonds is 5. The minimum absolute atomic E-state index is 0.0363. The van der Waals surface area contributed by atoms with Gasteiger partial charge in [0.25, 0.3) is 11.8 Å². The third kappa shape index (κ3) is 4.70. The summed E-state index contributed by atoms with van der Waals surface area (Å²) in [6, 6.07) is 13.7. The molecule has 2 aromatic rings. The first-order valence-corrected chi connectivity index (χ1v) is 12.1. The lowest BCUT2D eigenvalue weighted by molar-refractivity contribution is 0.0680. The first kappa shape index (κ1) is 20.1. The minimum atomic E-state index is -3.07. The Kier molecular flexibility index (Phi) is 5.48. The van der Waals surface area contributed by atoms with Crippen molar-refractivity contribution in [1.82, 2.24) is 4.90 Å². The molecule has 1 atom stereocenters. The maximum Gasteiger partial charge on any atom is 0.255 e. The summed E-state index contributed by atoms with van der Waals surface area (Å²) in [4.78, 5) is 27.4. The van der Waals surface area contributed by atoms with E-state index < -0.39 is 9.84 Å². The molecule has 29 heavy (non-hydrogen) atoms. The zero-order valence-corrected chi connectivity index (χ0v) is 18.1. The minimum Gasteiger partial charge on any atom is -0.332 e. The first-order chi connectivity index (χ1) is 13.8. The van der Waals surface area contributed by atoms with Crippen LogP contribution in [0, 0.1) is 0 Å². The molecule has 0 bridgehead atoms. The second-order valence-electron chi connectivity index (χ2n) is 7.55. The lowest BCUT2D eigenvalue weighted by Crippen LogP contribution is -2.42. The van der Waals surface area contributed by atoms with Gasteiger partial charge in [0, 0.05) is 33.4 Å². The van der Waals surface area contributed by atoms with Gasteiger partial charge in [-0.05, 0) is 55.7 Å². The highest BCUT2D eigenvalue weighted by molar-refractivity contribution is 9.10. The second-order valence-corrected chi connectivity index (χ2v) is 10.7. The van der Waals surface area contributed by atoms with Gasteiger partial charge in [-0.1, -0.05) is 28.1 Å². The molecule has 6 nitrogen and oxygen atoms in total. The molecule has 8 heteroatoms. The predicted molar refractivity (Wildman–Crippen MR) is 115 cm³/mol. The molecule has 1 heterocycles. The third-order valence-electron chi connectivity index (χ3n) is 5.23. The van der Waals surface area contributed by atoms with Gasteiger partial charge >= 0.3 is 0 Å². The van der Waals surface area contributed by atoms with Crippen LogP contribution in [0.3, 0.4) is 0 Å². The molecule has 1 saturated heterocycles. The monoisotopic (exact) mass is 476 g/mol. The molecule has 1 aliphatic heterocycles. The number of amides is 2. The van der Waals surface area contributed by atoms with Crippen LogP contribution < -0.4 is 5.32 Å². The van der Waals surface area contributed by atoms with Gasteiger partial charge in [-0.3, -0.25) is 9.59 Å². The Morgan fingerprint density at radius 2 is 1.69 bits per heavy atom. The molecule has 0 aromatic heterocycles. The van der Waals surface area contributed by atoms with Crippen molar-refractivity contribution in [1.29, 1.82) is 0 Å². The van der Waals surface area contributed by atoms with Crippen molar-refractivity contribution >= 4 is 43.3 Å². The quantitative estimate of drug-likeness (QED) is 0.715. The van der Waals surface area contributed by atoms with Gasteiger partial charge in [-0.15, -0.1) is 0 Å². The SMILES string of the molecule is O=C(Nc1cccc(C(=O)N(C2CC2)C2CCS(=O)(=O)C2)c1)c1cccc(Br)c1. The van der Waals surface area contributed by atoms with E-state index in [4.69, 9.17) is 0 Å². The lowest BCUT2D eigenvalue weighted by Gasteiger charge is -2.28. The number of benzene rings is 2. The third-order valence-corrected chi connectivity index (χ3v) is 7.47. The number of anilines is 1. The number of hydrogen-bond acceptors (Lipinski definition) is 4. The summed E-state index contributed by atoms with van der Waals surface area (Å²) >= 11 is 3.35. The summed E-state index contributed by atoms with van der Waals surface area (Å²) in [6.07, 6.45) is 2.30. The van der Waals surface area contributed by atoms with E-state index in [9.17, 15) is 18.0 Å². The summed E-state index contributed by atoms with van der Waals surface area (Å²) in [5, 5.41) is 2.82. The number of carbonyl (C=O) groups is 2. The van der Waals surface area contributed by atoms with E-state index in [1.54, 1.807) is 47.4 Å². The van der Waals surface area contributed by atoms with Gasteiger partial charge in [0.1, 0.15) is 0 Å². The van der Waals surface area contributed by atoms with Gasteiger partial charge in [0.15, 0.2) is 9.84 Å². The Labute approximate surface area is 178 Å². The average Bonchev–Trinajstić information content (AvgIpc) is 3.45. The number of carbonyl (C=O) groups excluding carboxylic acids is 2. The molecule has 2 aromatic carbocycles. The Morgan fingerprint density at radius 1 is 0.966 bits per heavy atom. The number of hydrogen-bond donors (Lipinski definition) is 1. The Hall–Kier alpha value is -2.19. The summed E-state index contributed by atoms with van der Waals surface area (Å²) < 4.78 is 24.6. The van der Waals surface area contributed by atoms with Crippen LogP contribution in [0.1, 0.15) is 40.0 Å². The molecule has 1 N–H and O–H groups in total. The topological polar surface area (TPSA) is 83.6 Å². The fraction of sp³-hybridized carbons (Fsp3) is 0.333. The van der Waals surface area contributed by atoms with Crippen LogP contribution in [-0.4, -0.2) is 48.7 Å². The van der Waals surface area contributed by atoms with Crippen LogP contribution in [0.2, 0.25) is 0 Å². The maximum atomic E-state index is 13.2. The van der Waals surface area contributed by atoms with E-state index in [0.29, 0.717) is 23.2 Å². The van der Waals surface area contributed by atoms with E-state index in [1.165, 1.54) is 0 Å². The Balaban J connectivity index is 1.53. The predicted octanol–water partition coefficient (Wildman–Crippen LogP) is 3.49. The van der Waals surface area contributed by atoms with E-state index in [-0.39, 0.29) is 35.4 Å². The maximum absolute atomic E-state index is 13.2. The second kappa shape index (κ2) is 7.91. The highest BCUT2D eigenvalue weighted by Crippen LogP contribution is 2.33. The van der Waals surface area contributed by atoms with Crippen LogP contribution in [0.15, 0.2) is 53.0 Å². The summed E-state index contributed by atoms with van der Waals surface area (Å²) in [6.45, 7) is 0. The summed E-state index contributed by atoms with van der Waals surface area (Å²) in [5.74, 6) is -0.268. The molecule has 152 valence electrons. The van der Waals surface area contributed by atoms with Crippen LogP contribution in [-0.2, 0) is 9.84 Å². The Morgan fingerprint density at radius 3 is 2.34 bits per heavy atom. The fourth-order valence-electron chi connectivity index (χ4n) is 3.69. The van der Waals surface area contributed by atoms with Crippen LogP contribution in [0.5, 0.6) is 0 Å². The molecule has 1 unspecified atom stereocenters. The number of sulfone groups is 1. The van der Waals surface area contributed by atoms with Gasteiger partial charge < -0.3 is 10.2 Å². The van der Waals surface area contributed by atoms with Crippen molar-refractivity contribution in [3.63, 3.8) is 0 Å². The Bertz CT molecular complexity index is 1070. The molecule has 2 aliphatic rings. The molecule has 0 spiro atoms. The lowest BCUT2D eigenvalue weighted by atomic mass is 10.1. The van der Waals surface area contributed by atoms with E-state index >= 15 is 0 Å². The fourth-order valence-corrected chi connectivity index (χ4v) is 5.80. The average molecular weight is 477 g/mol. The summed E-state index contributed by atoms with van der Waals surface area (Å²) in [5.41, 5.74) is 1.48. The van der Waals surface area contributed by atoms with Crippen LogP contribution in [0.25, 0.3) is 0 Å². The summed E-state index contributed by atoms with van der Waals surface area (Å²) in [7, 11) is -3.07. The molecule has 4 rings (SSSR count). The highest BCUT2D eigenvalue weighted by Gasteiger charge is 2.42. The molecule has 2 amide bonds. The number of nitrogens with one attached hydrogen (secondary N) is 1. The van der Waals surface area contributed by atoms with Crippen molar-refractivity contribution in [2.75, 3.05) is 16.8 Å². The number of nitrogens with zero attached hydrogens (tertiary/aromatic N) is 1. The standard InChI is InChI=1S/C21H21BrN2O4S/c22-16-5-1-3-14(11-16)20(25)23-17-6-2-4-15(12-17)21(26)24(18-7-8-18)19-9-10-29(27,28)13-19/h1-6,11-12,18-19H,7-10,13H2,(H,23,25). The van der Waals surface area contributed by atoms with Gasteiger partial charge in [-0.2, -0.15) is 0 Å². The van der Waals surface area contributed by atoms with Crippen LogP contribution >= 0.6 is 15.9 Å². The van der Waals surface area contributed by atoms with Crippen molar-refractivity contribution in [3.05, 3.63) is 64.1 Å². The normalized spacial score (nSPS) is 20.2. The van der Waals surface area contributed by atoms with Crippen LogP contribution in [0.4, 0.5) is 5.69 Å². The van der Waals surface area contributed by atoms with Crippen molar-refractivity contribution < 1.29 is 18.0 Å². The highest BCUT2D eigenvalue weighted by atomic mass is 79.9. The largest absolute Gasteiger partial charge is 0.332 e. The van der Waals surface area contributed by atoms with E-state index in [0.717, 1.165) is 17.3 Å². The molecule has 2 fully saturated rings. The van der Waals surface area contributed by atoms with Crippen molar-refractivity contribution in [2.24, 2.45) is 0 Å². The molecule has 0 radical (unpaired) electrons. The zero-order chi connectivity index (χ0) is 20.6. The number of halogens is 1. The van der Waals surface area contributed by atoms with E-state index in [1.807, 2.05) is 6.07 Å². The van der Waals surface area contributed by atoms with Gasteiger partial charge in [-0.25, -0.2) is 8.42 Å². The first-order valence-electron chi connectivity index (χ1n) is 9.52. The smallest absolute Gasteiger partial charge is 0.255 e. The van der Waals surface area contributed by atoms with Crippen molar-refractivity contribution in [3.8, 4) is 0 Å². The molecule has 1 aliphatic carbocycles. The van der Waals surface area contributed by atoms with Gasteiger partial charge in [0.2, 0.25) is 0 Å². The molecular weight excluding hydrogens is 456 g/mol. The molecule has 1 saturated carbocycles.